The molecule has 2 aliphatic rings. The Morgan fingerprint density at radius 1 is 1.24 bits per heavy atom. The number of nitrogens with zero attached hydrogens (tertiary/aromatic N) is 1. The highest BCUT2D eigenvalue weighted by atomic mass is 79.9. The van der Waals surface area contributed by atoms with Gasteiger partial charge in [-0.2, -0.15) is 0 Å². The molecule has 1 aromatic carbocycles. The van der Waals surface area contributed by atoms with Crippen molar-refractivity contribution >= 4 is 27.5 Å². The summed E-state index contributed by atoms with van der Waals surface area (Å²) in [5, 5.41) is 3.42. The van der Waals surface area contributed by atoms with Crippen LogP contribution in [0.1, 0.15) is 19.3 Å². The molecule has 1 aromatic rings. The summed E-state index contributed by atoms with van der Waals surface area (Å²) in [4.78, 5) is 14.1. The van der Waals surface area contributed by atoms with Crippen LogP contribution in [0.3, 0.4) is 0 Å². The molecule has 0 spiro atoms. The largest absolute Gasteiger partial charge is 0.310 e. The van der Waals surface area contributed by atoms with E-state index in [9.17, 15) is 4.79 Å². The minimum absolute atomic E-state index is 0.0228. The van der Waals surface area contributed by atoms with E-state index in [0.717, 1.165) is 23.1 Å². The molecule has 2 fully saturated rings. The highest BCUT2D eigenvalue weighted by Crippen LogP contribution is 2.30. The molecule has 1 saturated carbocycles. The van der Waals surface area contributed by atoms with Crippen molar-refractivity contribution in [3.63, 3.8) is 0 Å². The van der Waals surface area contributed by atoms with Crippen molar-refractivity contribution in [3.8, 4) is 0 Å². The molecular formula is C13H15BrN2O. The second-order valence-corrected chi connectivity index (χ2v) is 5.58. The standard InChI is InChI=1S/C13H15BrN2O/c14-10-3-1-2-4-12(10)16-8-7-11(13(16)17)15-9-5-6-9/h1-4,9,11,15H,5-8H2. The number of anilines is 1. The monoisotopic (exact) mass is 294 g/mol. The lowest BCUT2D eigenvalue weighted by atomic mass is 10.2. The van der Waals surface area contributed by atoms with Gasteiger partial charge in [0.15, 0.2) is 0 Å². The molecule has 3 nitrogen and oxygen atoms in total. The normalized spacial score (nSPS) is 24.4. The van der Waals surface area contributed by atoms with Crippen molar-refractivity contribution < 1.29 is 4.79 Å². The molecule has 1 aliphatic carbocycles. The molecule has 0 bridgehead atoms. The molecule has 1 N–H and O–H groups in total. The predicted octanol–water partition coefficient (Wildman–Crippen LogP) is 2.31. The Morgan fingerprint density at radius 3 is 2.71 bits per heavy atom. The minimum atomic E-state index is 0.0228. The summed E-state index contributed by atoms with van der Waals surface area (Å²) in [5.41, 5.74) is 0.984. The van der Waals surface area contributed by atoms with Crippen LogP contribution in [-0.4, -0.2) is 24.5 Å². The zero-order chi connectivity index (χ0) is 11.8. The SMILES string of the molecule is O=C1C(NC2CC2)CCN1c1ccccc1Br. The van der Waals surface area contributed by atoms with Crippen LogP contribution in [0.15, 0.2) is 28.7 Å². The van der Waals surface area contributed by atoms with E-state index in [4.69, 9.17) is 0 Å². The lowest BCUT2D eigenvalue weighted by Crippen LogP contribution is -2.39. The van der Waals surface area contributed by atoms with Crippen LogP contribution in [0.5, 0.6) is 0 Å². The van der Waals surface area contributed by atoms with Crippen LogP contribution in [0.2, 0.25) is 0 Å². The summed E-state index contributed by atoms with van der Waals surface area (Å²) in [5.74, 6) is 0.212. The highest BCUT2D eigenvalue weighted by molar-refractivity contribution is 9.10. The predicted molar refractivity (Wildman–Crippen MR) is 71.1 cm³/mol. The molecule has 0 aromatic heterocycles. The molecule has 1 amide bonds. The molecule has 1 atom stereocenters. The molecule has 90 valence electrons. The first-order chi connectivity index (χ1) is 8.25. The molecule has 1 unspecified atom stereocenters. The van der Waals surface area contributed by atoms with Crippen molar-refractivity contribution in [1.82, 2.24) is 5.32 Å². The molecule has 1 saturated heterocycles. The number of hydrogen-bond acceptors (Lipinski definition) is 2. The average molecular weight is 295 g/mol. The zero-order valence-electron chi connectivity index (χ0n) is 9.53. The molecule has 17 heavy (non-hydrogen) atoms. The van der Waals surface area contributed by atoms with Crippen molar-refractivity contribution in [2.45, 2.75) is 31.3 Å². The Morgan fingerprint density at radius 2 is 2.00 bits per heavy atom. The molecule has 4 heteroatoms. The number of carbonyl (C=O) groups is 1. The van der Waals surface area contributed by atoms with Gasteiger partial charge >= 0.3 is 0 Å². The number of nitrogens with one attached hydrogen (secondary N) is 1. The van der Waals surface area contributed by atoms with E-state index >= 15 is 0 Å². The Labute approximate surface area is 109 Å². The van der Waals surface area contributed by atoms with Crippen LogP contribution < -0.4 is 10.2 Å². The molecule has 3 rings (SSSR count). The third-order valence-electron chi connectivity index (χ3n) is 3.36. The fourth-order valence-electron chi connectivity index (χ4n) is 2.28. The lowest BCUT2D eigenvalue weighted by molar-refractivity contribution is -0.118. The van der Waals surface area contributed by atoms with Gasteiger partial charge in [0.25, 0.3) is 0 Å². The second kappa shape index (κ2) is 4.42. The first kappa shape index (κ1) is 11.2. The van der Waals surface area contributed by atoms with E-state index in [2.05, 4.69) is 21.2 Å². The van der Waals surface area contributed by atoms with Gasteiger partial charge < -0.3 is 10.2 Å². The van der Waals surface area contributed by atoms with Gasteiger partial charge in [0.2, 0.25) is 5.91 Å². The van der Waals surface area contributed by atoms with E-state index in [1.807, 2.05) is 29.2 Å². The highest BCUT2D eigenvalue weighted by Gasteiger charge is 2.36. The van der Waals surface area contributed by atoms with E-state index in [0.29, 0.717) is 6.04 Å². The third-order valence-corrected chi connectivity index (χ3v) is 4.03. The smallest absolute Gasteiger partial charge is 0.244 e. The van der Waals surface area contributed by atoms with Crippen LogP contribution in [0.4, 0.5) is 5.69 Å². The zero-order valence-corrected chi connectivity index (χ0v) is 11.1. The fourth-order valence-corrected chi connectivity index (χ4v) is 2.78. The van der Waals surface area contributed by atoms with Gasteiger partial charge in [-0.25, -0.2) is 0 Å². The summed E-state index contributed by atoms with van der Waals surface area (Å²) >= 11 is 3.50. The summed E-state index contributed by atoms with van der Waals surface area (Å²) in [7, 11) is 0. The first-order valence-corrected chi connectivity index (χ1v) is 6.87. The van der Waals surface area contributed by atoms with E-state index < -0.39 is 0 Å². The van der Waals surface area contributed by atoms with E-state index in [-0.39, 0.29) is 11.9 Å². The Hall–Kier alpha value is -0.870. The molecule has 0 radical (unpaired) electrons. The van der Waals surface area contributed by atoms with Crippen molar-refractivity contribution in [1.29, 1.82) is 0 Å². The number of rotatable bonds is 3. The van der Waals surface area contributed by atoms with Gasteiger partial charge in [0, 0.05) is 17.1 Å². The molecular weight excluding hydrogens is 280 g/mol. The Bertz CT molecular complexity index is 445. The van der Waals surface area contributed by atoms with Crippen LogP contribution >= 0.6 is 15.9 Å². The quantitative estimate of drug-likeness (QED) is 0.928. The van der Waals surface area contributed by atoms with Gasteiger partial charge in [-0.15, -0.1) is 0 Å². The summed E-state index contributed by atoms with van der Waals surface area (Å²) < 4.78 is 0.987. The third kappa shape index (κ3) is 2.24. The van der Waals surface area contributed by atoms with Crippen LogP contribution in [0, 0.1) is 0 Å². The lowest BCUT2D eigenvalue weighted by Gasteiger charge is -2.18. The minimum Gasteiger partial charge on any atom is -0.310 e. The van der Waals surface area contributed by atoms with E-state index in [1.54, 1.807) is 0 Å². The van der Waals surface area contributed by atoms with Crippen LogP contribution in [0.25, 0.3) is 0 Å². The van der Waals surface area contributed by atoms with Gasteiger partial charge in [-0.05, 0) is 47.3 Å². The number of halogens is 1. The number of para-hydroxylation sites is 1. The number of benzene rings is 1. The summed E-state index contributed by atoms with van der Waals surface area (Å²) in [6, 6.07) is 8.51. The van der Waals surface area contributed by atoms with Gasteiger partial charge in [-0.1, -0.05) is 12.1 Å². The number of carbonyl (C=O) groups excluding carboxylic acids is 1. The molecule has 1 heterocycles. The van der Waals surface area contributed by atoms with Crippen molar-refractivity contribution in [2.75, 3.05) is 11.4 Å². The fraction of sp³-hybridized carbons (Fsp3) is 0.462. The number of hydrogen-bond donors (Lipinski definition) is 1. The van der Waals surface area contributed by atoms with Crippen molar-refractivity contribution in [2.24, 2.45) is 0 Å². The average Bonchev–Trinajstić information content (AvgIpc) is 3.07. The molecule has 1 aliphatic heterocycles. The summed E-state index contributed by atoms with van der Waals surface area (Å²) in [6.45, 7) is 0.811. The maximum Gasteiger partial charge on any atom is 0.244 e. The Balaban J connectivity index is 1.76. The topological polar surface area (TPSA) is 32.3 Å². The maximum absolute atomic E-state index is 12.3. The van der Waals surface area contributed by atoms with Gasteiger partial charge in [-0.3, -0.25) is 4.79 Å². The second-order valence-electron chi connectivity index (χ2n) is 4.72. The van der Waals surface area contributed by atoms with Gasteiger partial charge in [0.1, 0.15) is 0 Å². The van der Waals surface area contributed by atoms with E-state index in [1.165, 1.54) is 12.8 Å². The maximum atomic E-state index is 12.3. The van der Waals surface area contributed by atoms with Crippen LogP contribution in [-0.2, 0) is 4.79 Å². The summed E-state index contributed by atoms with van der Waals surface area (Å²) in [6.07, 6.45) is 3.36. The van der Waals surface area contributed by atoms with Crippen molar-refractivity contribution in [3.05, 3.63) is 28.7 Å². The van der Waals surface area contributed by atoms with Gasteiger partial charge in [0.05, 0.1) is 11.7 Å². The first-order valence-electron chi connectivity index (χ1n) is 6.07. The number of amides is 1. The Kier molecular flexibility index (Phi) is 2.92.